The van der Waals surface area contributed by atoms with Crippen molar-refractivity contribution in [3.8, 4) is 0 Å². The molecule has 1 unspecified atom stereocenters. The summed E-state index contributed by atoms with van der Waals surface area (Å²) in [6.07, 6.45) is 1.41. The van der Waals surface area contributed by atoms with E-state index in [0.717, 1.165) is 38.9 Å². The second-order valence-electron chi connectivity index (χ2n) is 10.6. The average molecular weight is 702 g/mol. The number of aryl methyl sites for hydroxylation is 3. The van der Waals surface area contributed by atoms with Crippen molar-refractivity contribution in [1.82, 2.24) is 19.9 Å². The number of rotatable bonds is 13. The molecule has 1 aliphatic heterocycles. The van der Waals surface area contributed by atoms with Gasteiger partial charge in [0.05, 0.1) is 19.0 Å². The smallest absolute Gasteiger partial charge is 0.280 e. The number of aromatic nitrogens is 3. The summed E-state index contributed by atoms with van der Waals surface area (Å²) < 4.78 is 10.3. The van der Waals surface area contributed by atoms with E-state index in [9.17, 15) is 14.1 Å². The van der Waals surface area contributed by atoms with Crippen LogP contribution in [0.5, 0.6) is 0 Å². The van der Waals surface area contributed by atoms with E-state index in [0.29, 0.717) is 34.3 Å². The minimum atomic E-state index is -2.87. The van der Waals surface area contributed by atoms with E-state index in [1.165, 1.54) is 0 Å². The Morgan fingerprint density at radius 2 is 1.76 bits per heavy atom. The SMILES string of the molecule is CCCCN1C(=O)C(N=Nc2cc(Nc3nc(C)nc(Nc4cc(C)ccc4C)n3)ccc2SS(O)(=S)=S)=C(C)C(CON)C1=O. The van der Waals surface area contributed by atoms with Gasteiger partial charge in [-0.25, -0.2) is 5.90 Å². The fourth-order valence-electron chi connectivity index (χ4n) is 4.55. The highest BCUT2D eigenvalue weighted by atomic mass is 33.5. The van der Waals surface area contributed by atoms with Crippen molar-refractivity contribution >= 4 is 80.4 Å². The number of benzene rings is 2. The molecule has 1 aliphatic rings. The monoisotopic (exact) mass is 701 g/mol. The number of hydrogen-bond acceptors (Lipinski definition) is 14. The summed E-state index contributed by atoms with van der Waals surface area (Å²) in [5.41, 5.74) is 4.19. The topological polar surface area (TPSA) is 180 Å². The van der Waals surface area contributed by atoms with Crippen LogP contribution in [0.3, 0.4) is 0 Å². The van der Waals surface area contributed by atoms with Crippen LogP contribution in [0.2, 0.25) is 0 Å². The lowest BCUT2D eigenvalue weighted by atomic mass is 9.93. The van der Waals surface area contributed by atoms with Crippen molar-refractivity contribution in [2.75, 3.05) is 23.8 Å². The second kappa shape index (κ2) is 15.4. The zero-order chi connectivity index (χ0) is 33.6. The first kappa shape index (κ1) is 35.4. The van der Waals surface area contributed by atoms with Gasteiger partial charge in [-0.3, -0.25) is 14.5 Å². The normalized spacial score (nSPS) is 15.6. The summed E-state index contributed by atoms with van der Waals surface area (Å²) >= 11 is 10.2. The van der Waals surface area contributed by atoms with Gasteiger partial charge in [-0.2, -0.15) is 15.0 Å². The van der Waals surface area contributed by atoms with Crippen molar-refractivity contribution < 1.29 is 19.0 Å². The van der Waals surface area contributed by atoms with Gasteiger partial charge in [0.1, 0.15) is 11.5 Å². The van der Waals surface area contributed by atoms with Crippen LogP contribution in [0, 0.1) is 26.7 Å². The molecule has 1 atom stereocenters. The number of anilines is 4. The zero-order valence-electron chi connectivity index (χ0n) is 25.9. The van der Waals surface area contributed by atoms with Crippen LogP contribution < -0.4 is 16.5 Å². The van der Waals surface area contributed by atoms with Crippen LogP contribution in [0.4, 0.5) is 29.0 Å². The maximum Gasteiger partial charge on any atom is 0.280 e. The molecule has 0 aliphatic carbocycles. The molecular weight excluding hydrogens is 667 g/mol. The van der Waals surface area contributed by atoms with Crippen molar-refractivity contribution in [2.45, 2.75) is 52.4 Å². The Kier molecular flexibility index (Phi) is 11.9. The molecule has 0 saturated carbocycles. The Morgan fingerprint density at radius 1 is 1.04 bits per heavy atom. The number of nitrogens with two attached hydrogens (primary N) is 1. The van der Waals surface area contributed by atoms with Gasteiger partial charge in [0.25, 0.3) is 5.91 Å². The Labute approximate surface area is 280 Å². The highest BCUT2D eigenvalue weighted by molar-refractivity contribution is 8.96. The quantitative estimate of drug-likeness (QED) is 0.0719. The minimum absolute atomic E-state index is 0.00155. The number of hydrogen-bond donors (Lipinski definition) is 4. The molecule has 2 heterocycles. The Hall–Kier alpha value is -3.45. The molecule has 0 saturated heterocycles. The zero-order valence-corrected chi connectivity index (χ0v) is 29.2. The molecule has 0 bridgehead atoms. The minimum Gasteiger partial charge on any atom is -0.324 e. The summed E-state index contributed by atoms with van der Waals surface area (Å²) in [7, 11) is 0.894. The van der Waals surface area contributed by atoms with Gasteiger partial charge in [0, 0.05) is 22.8 Å². The van der Waals surface area contributed by atoms with Gasteiger partial charge in [0.2, 0.25) is 17.8 Å². The number of nitrogens with one attached hydrogen (secondary N) is 2. The first-order chi connectivity index (χ1) is 21.8. The van der Waals surface area contributed by atoms with E-state index in [4.69, 9.17) is 33.1 Å². The van der Waals surface area contributed by atoms with Gasteiger partial charge >= 0.3 is 0 Å². The van der Waals surface area contributed by atoms with Gasteiger partial charge in [0.15, 0.2) is 5.70 Å². The molecule has 1 aromatic heterocycles. The highest BCUT2D eigenvalue weighted by Crippen LogP contribution is 2.37. The molecular formula is C29H35N9O4S4. The highest BCUT2D eigenvalue weighted by Gasteiger charge is 2.39. The number of unbranched alkanes of at least 4 members (excludes halogenated alkanes) is 1. The van der Waals surface area contributed by atoms with Crippen LogP contribution in [-0.2, 0) is 43.3 Å². The van der Waals surface area contributed by atoms with Crippen molar-refractivity contribution in [3.63, 3.8) is 0 Å². The molecule has 0 radical (unpaired) electrons. The molecule has 0 spiro atoms. The molecule has 13 nitrogen and oxygen atoms in total. The molecule has 5 N–H and O–H groups in total. The first-order valence-electron chi connectivity index (χ1n) is 14.2. The third kappa shape index (κ3) is 9.09. The maximum atomic E-state index is 13.4. The third-order valence-corrected chi connectivity index (χ3v) is 10.1. The molecule has 3 aromatic rings. The maximum absolute atomic E-state index is 13.4. The van der Waals surface area contributed by atoms with Crippen LogP contribution in [0.25, 0.3) is 0 Å². The number of amides is 2. The van der Waals surface area contributed by atoms with E-state index in [1.54, 1.807) is 32.0 Å². The average Bonchev–Trinajstić information content (AvgIpc) is 2.97. The number of carbonyl (C=O) groups is 2. The van der Waals surface area contributed by atoms with E-state index in [2.05, 4.69) is 35.8 Å². The largest absolute Gasteiger partial charge is 0.324 e. The summed E-state index contributed by atoms with van der Waals surface area (Å²) in [4.78, 5) is 46.2. The fraction of sp³-hybridized carbons (Fsp3) is 0.345. The van der Waals surface area contributed by atoms with Crippen LogP contribution >= 0.6 is 10.8 Å². The van der Waals surface area contributed by atoms with Gasteiger partial charge in [-0.15, -0.1) is 10.2 Å². The number of carbonyl (C=O) groups excluding carboxylic acids is 2. The van der Waals surface area contributed by atoms with Crippen molar-refractivity contribution in [3.05, 3.63) is 64.6 Å². The second-order valence-corrected chi connectivity index (χ2v) is 18.8. The molecule has 4 rings (SSSR count). The number of azo groups is 1. The molecule has 244 valence electrons. The molecule has 0 fully saturated rings. The first-order valence-corrected chi connectivity index (χ1v) is 19.0. The Morgan fingerprint density at radius 3 is 2.43 bits per heavy atom. The molecule has 2 aromatic carbocycles. The molecule has 17 heteroatoms. The predicted molar refractivity (Wildman–Crippen MR) is 187 cm³/mol. The van der Waals surface area contributed by atoms with E-state index < -0.39 is 24.2 Å². The lowest BCUT2D eigenvalue weighted by Gasteiger charge is -2.31. The lowest BCUT2D eigenvalue weighted by Crippen LogP contribution is -2.48. The van der Waals surface area contributed by atoms with Crippen molar-refractivity contribution in [2.24, 2.45) is 22.0 Å². The standard InChI is InChI=1S/C29H35N9O4S4/c1-6-7-12-38-26(39)21(15-42-30)18(4)25(27(38)40)37-36-23-14-20(10-11-24(23)45-46(41,43)44)33-28-31-19(5)32-29(35-28)34-22-13-16(2)8-9-17(22)3/h8-11,13-14,21H,6-7,12,15,30H2,1-5H3,(H,41,43,44)(H2,31,32,33,34,35). The van der Waals surface area contributed by atoms with Gasteiger partial charge in [-0.05, 0) is 108 Å². The predicted octanol–water partition coefficient (Wildman–Crippen LogP) is 5.88. The van der Waals surface area contributed by atoms with E-state index in [-0.39, 0.29) is 30.5 Å². The number of nitrogens with zero attached hydrogens (tertiary/aromatic N) is 6. The third-order valence-electron chi connectivity index (χ3n) is 6.96. The van der Waals surface area contributed by atoms with Crippen LogP contribution in [0.1, 0.15) is 43.6 Å². The van der Waals surface area contributed by atoms with Gasteiger partial charge < -0.3 is 20.0 Å². The van der Waals surface area contributed by atoms with Crippen molar-refractivity contribution in [1.29, 1.82) is 0 Å². The Bertz CT molecular complexity index is 1820. The fourth-order valence-corrected chi connectivity index (χ4v) is 7.51. The van der Waals surface area contributed by atoms with Crippen LogP contribution in [-0.4, -0.2) is 49.4 Å². The summed E-state index contributed by atoms with van der Waals surface area (Å²) in [6.45, 7) is 6.59. The van der Waals surface area contributed by atoms with E-state index >= 15 is 0 Å². The number of imide groups is 1. The van der Waals surface area contributed by atoms with Gasteiger partial charge in [-0.1, -0.05) is 25.5 Å². The molecule has 46 heavy (non-hydrogen) atoms. The summed E-state index contributed by atoms with van der Waals surface area (Å²) in [6, 6.07) is 11.1. The summed E-state index contributed by atoms with van der Waals surface area (Å²) in [5, 5.41) is 15.1. The van der Waals surface area contributed by atoms with E-state index in [1.807, 2.05) is 39.0 Å². The summed E-state index contributed by atoms with van der Waals surface area (Å²) in [5.74, 6) is 4.67. The Balaban J connectivity index is 1.70. The lowest BCUT2D eigenvalue weighted by molar-refractivity contribution is -0.147. The molecule has 2 amide bonds. The van der Waals surface area contributed by atoms with Crippen LogP contribution in [0.15, 0.2) is 62.8 Å².